The molecule has 122 valence electrons. The maximum absolute atomic E-state index is 12.7. The van der Waals surface area contributed by atoms with Crippen molar-refractivity contribution in [2.75, 3.05) is 33.3 Å². The molecule has 0 aromatic heterocycles. The van der Waals surface area contributed by atoms with Crippen LogP contribution < -0.4 is 5.73 Å². The zero-order chi connectivity index (χ0) is 15.5. The summed E-state index contributed by atoms with van der Waals surface area (Å²) in [5, 5.41) is 0. The van der Waals surface area contributed by atoms with Crippen LogP contribution in [0.3, 0.4) is 0 Å². The van der Waals surface area contributed by atoms with Crippen molar-refractivity contribution in [2.45, 2.75) is 38.1 Å². The highest BCUT2D eigenvalue weighted by molar-refractivity contribution is 7.86. The first-order valence-corrected chi connectivity index (χ1v) is 8.95. The summed E-state index contributed by atoms with van der Waals surface area (Å²) in [7, 11) is -2.10. The molecule has 0 bridgehead atoms. The fourth-order valence-corrected chi connectivity index (χ4v) is 5.05. The van der Waals surface area contributed by atoms with Crippen LogP contribution in [-0.4, -0.2) is 62.3 Å². The molecule has 0 radical (unpaired) electrons. The predicted molar refractivity (Wildman–Crippen MR) is 78.6 cm³/mol. The van der Waals surface area contributed by atoms with Crippen LogP contribution in [0.2, 0.25) is 0 Å². The summed E-state index contributed by atoms with van der Waals surface area (Å²) < 4.78 is 33.2. The summed E-state index contributed by atoms with van der Waals surface area (Å²) in [4.78, 5) is 11.5. The van der Waals surface area contributed by atoms with Gasteiger partial charge in [0, 0.05) is 32.2 Å². The lowest BCUT2D eigenvalue weighted by atomic mass is 9.99. The molecule has 2 fully saturated rings. The van der Waals surface area contributed by atoms with Crippen LogP contribution in [0.25, 0.3) is 0 Å². The van der Waals surface area contributed by atoms with Crippen molar-refractivity contribution in [3.05, 3.63) is 0 Å². The highest BCUT2D eigenvalue weighted by atomic mass is 32.2. The molecule has 0 saturated carbocycles. The van der Waals surface area contributed by atoms with E-state index in [2.05, 4.69) is 0 Å². The van der Waals surface area contributed by atoms with Crippen molar-refractivity contribution in [2.24, 2.45) is 11.7 Å². The molecule has 21 heavy (non-hydrogen) atoms. The van der Waals surface area contributed by atoms with E-state index in [0.29, 0.717) is 39.0 Å². The van der Waals surface area contributed by atoms with Gasteiger partial charge in [0.2, 0.25) is 0 Å². The van der Waals surface area contributed by atoms with E-state index >= 15 is 0 Å². The van der Waals surface area contributed by atoms with Crippen molar-refractivity contribution in [3.8, 4) is 0 Å². The minimum atomic E-state index is -3.47. The Bertz CT molecular complexity index is 460. The standard InChI is InChI=1S/C13H25N3O4S/c1-20-13(17)11-5-8-15(9-6-11)21(18,19)16-7-3-2-4-12(16)10-14/h11-12H,2-10,14H2,1H3. The van der Waals surface area contributed by atoms with E-state index in [9.17, 15) is 13.2 Å². The Kier molecular flexibility index (Phi) is 5.59. The molecule has 7 nitrogen and oxygen atoms in total. The molecule has 2 rings (SSSR count). The number of methoxy groups -OCH3 is 1. The van der Waals surface area contributed by atoms with Crippen LogP contribution in [0.15, 0.2) is 0 Å². The lowest BCUT2D eigenvalue weighted by Crippen LogP contribution is -2.54. The van der Waals surface area contributed by atoms with Crippen LogP contribution in [0.5, 0.6) is 0 Å². The number of hydrogen-bond donors (Lipinski definition) is 1. The molecule has 2 heterocycles. The minimum absolute atomic E-state index is 0.0953. The quantitative estimate of drug-likeness (QED) is 0.732. The van der Waals surface area contributed by atoms with Crippen LogP contribution in [0.4, 0.5) is 0 Å². The van der Waals surface area contributed by atoms with Crippen molar-refractivity contribution in [1.82, 2.24) is 8.61 Å². The largest absolute Gasteiger partial charge is 0.469 e. The van der Waals surface area contributed by atoms with Gasteiger partial charge in [-0.25, -0.2) is 0 Å². The molecule has 0 spiro atoms. The summed E-state index contributed by atoms with van der Waals surface area (Å²) in [6.45, 7) is 1.64. The zero-order valence-corrected chi connectivity index (χ0v) is 13.3. The molecule has 1 unspecified atom stereocenters. The maximum Gasteiger partial charge on any atom is 0.308 e. The zero-order valence-electron chi connectivity index (χ0n) is 12.5. The Morgan fingerprint density at radius 3 is 2.43 bits per heavy atom. The van der Waals surface area contributed by atoms with Gasteiger partial charge < -0.3 is 10.5 Å². The monoisotopic (exact) mass is 319 g/mol. The van der Waals surface area contributed by atoms with Crippen LogP contribution in [0, 0.1) is 5.92 Å². The Morgan fingerprint density at radius 2 is 1.86 bits per heavy atom. The molecule has 1 atom stereocenters. The Labute approximate surface area is 126 Å². The Hall–Kier alpha value is -0.700. The number of nitrogens with zero attached hydrogens (tertiary/aromatic N) is 2. The van der Waals surface area contributed by atoms with Gasteiger partial charge in [-0.3, -0.25) is 4.79 Å². The van der Waals surface area contributed by atoms with Gasteiger partial charge in [-0.05, 0) is 25.7 Å². The predicted octanol–water partition coefficient (Wildman–Crippen LogP) is -0.0706. The van der Waals surface area contributed by atoms with Gasteiger partial charge in [-0.2, -0.15) is 17.0 Å². The summed E-state index contributed by atoms with van der Waals surface area (Å²) in [5.74, 6) is -0.432. The van der Waals surface area contributed by atoms with E-state index in [0.717, 1.165) is 19.3 Å². The Balaban J connectivity index is 2.02. The van der Waals surface area contributed by atoms with E-state index in [1.54, 1.807) is 4.31 Å². The first-order valence-electron chi connectivity index (χ1n) is 7.55. The van der Waals surface area contributed by atoms with Crippen molar-refractivity contribution >= 4 is 16.2 Å². The van der Waals surface area contributed by atoms with E-state index in [4.69, 9.17) is 10.5 Å². The third-order valence-electron chi connectivity index (χ3n) is 4.46. The minimum Gasteiger partial charge on any atom is -0.469 e. The van der Waals surface area contributed by atoms with Crippen LogP contribution in [0.1, 0.15) is 32.1 Å². The average molecular weight is 319 g/mol. The smallest absolute Gasteiger partial charge is 0.308 e. The second-order valence-electron chi connectivity index (χ2n) is 5.70. The van der Waals surface area contributed by atoms with Crippen LogP contribution >= 0.6 is 0 Å². The van der Waals surface area contributed by atoms with Gasteiger partial charge in [0.05, 0.1) is 13.0 Å². The summed E-state index contributed by atoms with van der Waals surface area (Å²) >= 11 is 0. The third kappa shape index (κ3) is 3.56. The second kappa shape index (κ2) is 7.04. The molecule has 2 N–H and O–H groups in total. The molecular weight excluding hydrogens is 294 g/mol. The van der Waals surface area contributed by atoms with Crippen molar-refractivity contribution in [1.29, 1.82) is 0 Å². The number of rotatable bonds is 4. The highest BCUT2D eigenvalue weighted by Gasteiger charge is 2.38. The number of hydrogen-bond acceptors (Lipinski definition) is 5. The maximum atomic E-state index is 12.7. The molecule has 0 aromatic carbocycles. The lowest BCUT2D eigenvalue weighted by molar-refractivity contribution is -0.146. The first-order chi connectivity index (χ1) is 10.0. The number of carbonyl (C=O) groups excluding carboxylic acids is 1. The number of esters is 1. The summed E-state index contributed by atoms with van der Waals surface area (Å²) in [6.07, 6.45) is 3.78. The van der Waals surface area contributed by atoms with Crippen molar-refractivity contribution < 1.29 is 17.9 Å². The van der Waals surface area contributed by atoms with Crippen molar-refractivity contribution in [3.63, 3.8) is 0 Å². The number of piperidine rings is 2. The van der Waals surface area contributed by atoms with Gasteiger partial charge in [0.25, 0.3) is 10.2 Å². The molecular formula is C13H25N3O4S. The third-order valence-corrected chi connectivity index (χ3v) is 6.55. The number of nitrogens with two attached hydrogens (primary N) is 1. The fraction of sp³-hybridized carbons (Fsp3) is 0.923. The molecule has 2 aliphatic rings. The van der Waals surface area contributed by atoms with Gasteiger partial charge in [-0.1, -0.05) is 6.42 Å². The number of carbonyl (C=O) groups is 1. The van der Waals surface area contributed by atoms with E-state index in [1.165, 1.54) is 11.4 Å². The second-order valence-corrected chi connectivity index (χ2v) is 7.58. The van der Waals surface area contributed by atoms with Gasteiger partial charge in [0.15, 0.2) is 0 Å². The van der Waals surface area contributed by atoms with E-state index in [-0.39, 0.29) is 17.9 Å². The Morgan fingerprint density at radius 1 is 1.19 bits per heavy atom. The normalized spacial score (nSPS) is 26.7. The highest BCUT2D eigenvalue weighted by Crippen LogP contribution is 2.26. The van der Waals surface area contributed by atoms with Crippen LogP contribution in [-0.2, 0) is 19.7 Å². The lowest BCUT2D eigenvalue weighted by Gasteiger charge is -2.39. The molecule has 0 aliphatic carbocycles. The first kappa shape index (κ1) is 16.7. The summed E-state index contributed by atoms with van der Waals surface area (Å²) in [5.41, 5.74) is 5.71. The SMILES string of the molecule is COC(=O)C1CCN(S(=O)(=O)N2CCCCC2CN)CC1. The average Bonchev–Trinajstić information content (AvgIpc) is 2.54. The fourth-order valence-electron chi connectivity index (χ4n) is 3.15. The molecule has 0 aromatic rings. The molecule has 2 aliphatic heterocycles. The van der Waals surface area contributed by atoms with E-state index in [1.807, 2.05) is 0 Å². The molecule has 8 heteroatoms. The van der Waals surface area contributed by atoms with Gasteiger partial charge in [0.1, 0.15) is 0 Å². The topological polar surface area (TPSA) is 92.9 Å². The van der Waals surface area contributed by atoms with Gasteiger partial charge >= 0.3 is 5.97 Å². The molecule has 2 saturated heterocycles. The summed E-state index contributed by atoms with van der Waals surface area (Å²) in [6, 6.07) is -0.0953. The van der Waals surface area contributed by atoms with E-state index < -0.39 is 10.2 Å². The number of ether oxygens (including phenoxy) is 1. The van der Waals surface area contributed by atoms with Gasteiger partial charge in [-0.15, -0.1) is 0 Å². The molecule has 0 amide bonds.